The van der Waals surface area contributed by atoms with Gasteiger partial charge in [-0.2, -0.15) is 13.2 Å². The van der Waals surface area contributed by atoms with Crippen LogP contribution in [0.1, 0.15) is 32.6 Å². The van der Waals surface area contributed by atoms with Crippen molar-refractivity contribution in [2.24, 2.45) is 5.92 Å². The second-order valence-electron chi connectivity index (χ2n) is 10.8. The van der Waals surface area contributed by atoms with Gasteiger partial charge in [-0.25, -0.2) is 0 Å². The van der Waals surface area contributed by atoms with Crippen LogP contribution >= 0.6 is 0 Å². The average Bonchev–Trinajstić information content (AvgIpc) is 3.40. The third-order valence-corrected chi connectivity index (χ3v) is 7.88. The Bertz CT molecular complexity index is 1040. The van der Waals surface area contributed by atoms with Crippen molar-refractivity contribution in [2.45, 2.75) is 50.9 Å². The maximum absolute atomic E-state index is 12.9. The first-order valence-electron chi connectivity index (χ1n) is 13.7. The number of carbonyl (C=O) groups excluding carboxylic acids is 3. The smallest absolute Gasteiger partial charge is 0.350 e. The van der Waals surface area contributed by atoms with E-state index in [9.17, 15) is 27.6 Å². The number of nitrogens with one attached hydrogen (secondary N) is 2. The van der Waals surface area contributed by atoms with Gasteiger partial charge < -0.3 is 15.5 Å². The van der Waals surface area contributed by atoms with Crippen LogP contribution in [0.15, 0.2) is 47.6 Å². The molecule has 2 unspecified atom stereocenters. The van der Waals surface area contributed by atoms with E-state index in [0.717, 1.165) is 70.2 Å². The quantitative estimate of drug-likeness (QED) is 0.485. The lowest BCUT2D eigenvalue weighted by Gasteiger charge is -2.38. The van der Waals surface area contributed by atoms with Gasteiger partial charge in [0.1, 0.15) is 0 Å². The molecule has 2 saturated heterocycles. The molecule has 11 heteroatoms. The van der Waals surface area contributed by atoms with Gasteiger partial charge in [0.15, 0.2) is 0 Å². The maximum Gasteiger partial charge on any atom is 0.395 e. The van der Waals surface area contributed by atoms with E-state index >= 15 is 0 Å². The number of amides is 3. The highest BCUT2D eigenvalue weighted by Crippen LogP contribution is 2.34. The van der Waals surface area contributed by atoms with Gasteiger partial charge in [-0.3, -0.25) is 24.2 Å². The number of carbonyl (C=O) groups is 3. The average molecular weight is 550 g/mol. The monoisotopic (exact) mass is 549 g/mol. The van der Waals surface area contributed by atoms with E-state index in [1.165, 1.54) is 12.2 Å². The maximum atomic E-state index is 12.9. The van der Waals surface area contributed by atoms with Gasteiger partial charge in [-0.05, 0) is 32.6 Å². The molecule has 0 spiro atoms. The van der Waals surface area contributed by atoms with Crippen LogP contribution in [0.4, 0.5) is 13.2 Å². The molecule has 2 heterocycles. The third-order valence-electron chi connectivity index (χ3n) is 7.88. The number of hydrogen-bond donors (Lipinski definition) is 2. The lowest BCUT2D eigenvalue weighted by atomic mass is 9.93. The van der Waals surface area contributed by atoms with Crippen molar-refractivity contribution >= 4 is 17.7 Å². The number of rotatable bonds is 8. The zero-order chi connectivity index (χ0) is 28.0. The van der Waals surface area contributed by atoms with E-state index < -0.39 is 24.4 Å². The topological polar surface area (TPSA) is 85.0 Å². The second kappa shape index (κ2) is 13.0. The minimum Gasteiger partial charge on any atom is -0.350 e. The van der Waals surface area contributed by atoms with Gasteiger partial charge in [0.2, 0.25) is 17.7 Å². The zero-order valence-corrected chi connectivity index (χ0v) is 22.4. The number of nitrogens with zero attached hydrogens (tertiary/aromatic N) is 3. The predicted molar refractivity (Wildman–Crippen MR) is 141 cm³/mol. The number of piperazine rings is 1. The van der Waals surface area contributed by atoms with Crippen LogP contribution in [0, 0.1) is 5.92 Å². The fraction of sp³-hybridized carbons (Fsp3) is 0.607. The Morgan fingerprint density at radius 1 is 1.05 bits per heavy atom. The molecule has 2 fully saturated rings. The molecule has 0 aromatic carbocycles. The molecule has 0 saturated carbocycles. The molecule has 0 radical (unpaired) electrons. The molecule has 0 aromatic rings. The SMILES string of the molecule is CC(CN1CCN(C(=O)C2=CC=CCC2)CC1)N1CC[C@@H](NC(=O)CNC(=O)C2=CC=CC(C(F)(F)F)C2)C1. The highest BCUT2D eigenvalue weighted by molar-refractivity contribution is 5.96. The van der Waals surface area contributed by atoms with Gasteiger partial charge in [-0.15, -0.1) is 0 Å². The van der Waals surface area contributed by atoms with Crippen LogP contribution in [0.5, 0.6) is 0 Å². The minimum atomic E-state index is -4.41. The van der Waals surface area contributed by atoms with Crippen LogP contribution < -0.4 is 10.6 Å². The van der Waals surface area contributed by atoms with E-state index in [0.29, 0.717) is 6.54 Å². The molecule has 2 aliphatic carbocycles. The summed E-state index contributed by atoms with van der Waals surface area (Å²) in [6.07, 6.45) is 7.27. The normalized spacial score (nSPS) is 25.2. The first kappa shape index (κ1) is 29.1. The van der Waals surface area contributed by atoms with Gasteiger partial charge in [0.05, 0.1) is 12.5 Å². The van der Waals surface area contributed by atoms with Crippen molar-refractivity contribution in [3.8, 4) is 0 Å². The first-order valence-corrected chi connectivity index (χ1v) is 13.7. The largest absolute Gasteiger partial charge is 0.395 e. The summed E-state index contributed by atoms with van der Waals surface area (Å²) in [4.78, 5) is 44.1. The second-order valence-corrected chi connectivity index (χ2v) is 10.8. The Balaban J connectivity index is 1.13. The molecule has 214 valence electrons. The molecule has 2 aliphatic heterocycles. The molecule has 4 aliphatic rings. The summed E-state index contributed by atoms with van der Waals surface area (Å²) in [5.74, 6) is -2.54. The molecule has 8 nitrogen and oxygen atoms in total. The van der Waals surface area contributed by atoms with Crippen molar-refractivity contribution < 1.29 is 27.6 Å². The summed E-state index contributed by atoms with van der Waals surface area (Å²) < 4.78 is 38.8. The summed E-state index contributed by atoms with van der Waals surface area (Å²) in [6.45, 7) is 7.43. The van der Waals surface area contributed by atoms with E-state index in [1.807, 2.05) is 17.1 Å². The fourth-order valence-electron chi connectivity index (χ4n) is 5.54. The number of allylic oxidation sites excluding steroid dienone is 6. The predicted octanol–water partition coefficient (Wildman–Crippen LogP) is 2.17. The van der Waals surface area contributed by atoms with Crippen molar-refractivity contribution in [1.82, 2.24) is 25.3 Å². The Hall–Kier alpha value is -2.92. The zero-order valence-electron chi connectivity index (χ0n) is 22.4. The molecule has 2 N–H and O–H groups in total. The van der Waals surface area contributed by atoms with E-state index in [-0.39, 0.29) is 36.0 Å². The van der Waals surface area contributed by atoms with Crippen molar-refractivity contribution in [3.63, 3.8) is 0 Å². The summed E-state index contributed by atoms with van der Waals surface area (Å²) >= 11 is 0. The third kappa shape index (κ3) is 8.04. The Morgan fingerprint density at radius 2 is 1.79 bits per heavy atom. The molecular formula is C28H38F3N5O3. The Labute approximate surface area is 227 Å². The van der Waals surface area contributed by atoms with Gasteiger partial charge >= 0.3 is 6.18 Å². The highest BCUT2D eigenvalue weighted by Gasteiger charge is 2.39. The Morgan fingerprint density at radius 3 is 2.49 bits per heavy atom. The highest BCUT2D eigenvalue weighted by atomic mass is 19.4. The lowest BCUT2D eigenvalue weighted by molar-refractivity contribution is -0.161. The standard InChI is InChI=1S/C28H38F3N5O3/c1-20(18-34-12-14-35(15-13-34)27(39)21-6-3-2-4-7-21)36-11-10-24(19-36)33-25(37)17-32-26(38)22-8-5-9-23(16-22)28(29,30)31/h2-3,5-6,8-9,20,23-24H,4,7,10-19H2,1H3,(H,32,38)(H,33,37)/t20?,23?,24-/m1/s1. The fourth-order valence-corrected chi connectivity index (χ4v) is 5.54. The van der Waals surface area contributed by atoms with Gasteiger partial charge in [-0.1, -0.05) is 36.5 Å². The number of alkyl halides is 3. The summed E-state index contributed by atoms with van der Waals surface area (Å²) in [5, 5.41) is 5.37. The van der Waals surface area contributed by atoms with E-state index in [2.05, 4.69) is 33.4 Å². The van der Waals surface area contributed by atoms with Crippen LogP contribution in [0.2, 0.25) is 0 Å². The van der Waals surface area contributed by atoms with E-state index in [1.54, 1.807) is 0 Å². The number of hydrogen-bond acceptors (Lipinski definition) is 5. The minimum absolute atomic E-state index is 0.0157. The van der Waals surface area contributed by atoms with Crippen LogP contribution in [-0.4, -0.2) is 103 Å². The molecule has 0 bridgehead atoms. The van der Waals surface area contributed by atoms with Crippen LogP contribution in [-0.2, 0) is 14.4 Å². The molecular weight excluding hydrogens is 511 g/mol. The molecule has 39 heavy (non-hydrogen) atoms. The molecule has 4 rings (SSSR count). The van der Waals surface area contributed by atoms with E-state index in [4.69, 9.17) is 0 Å². The van der Waals surface area contributed by atoms with Crippen molar-refractivity contribution in [1.29, 1.82) is 0 Å². The molecule has 3 amide bonds. The van der Waals surface area contributed by atoms with Crippen molar-refractivity contribution in [2.75, 3.05) is 52.4 Å². The van der Waals surface area contributed by atoms with Crippen molar-refractivity contribution in [3.05, 3.63) is 47.6 Å². The van der Waals surface area contributed by atoms with Crippen LogP contribution in [0.3, 0.4) is 0 Å². The summed E-state index contributed by atoms with van der Waals surface area (Å²) in [5.41, 5.74) is 0.907. The molecule has 0 aromatic heterocycles. The summed E-state index contributed by atoms with van der Waals surface area (Å²) in [7, 11) is 0. The van der Waals surface area contributed by atoms with Crippen LogP contribution in [0.25, 0.3) is 0 Å². The lowest BCUT2D eigenvalue weighted by Crippen LogP contribution is -2.52. The first-order chi connectivity index (χ1) is 18.6. The number of halogens is 3. The Kier molecular flexibility index (Phi) is 9.66. The number of likely N-dealkylation sites (tertiary alicyclic amines) is 1. The molecule has 3 atom stereocenters. The van der Waals surface area contributed by atoms with Gasteiger partial charge in [0, 0.05) is 69.0 Å². The summed E-state index contributed by atoms with van der Waals surface area (Å²) in [6, 6.07) is 0.239. The van der Waals surface area contributed by atoms with Gasteiger partial charge in [0.25, 0.3) is 0 Å².